The van der Waals surface area contributed by atoms with Gasteiger partial charge in [-0.2, -0.15) is 0 Å². The SMILES string of the molecule is COC(=O)c1cccn2cc(-c3cccc(C)c3)nc12. The van der Waals surface area contributed by atoms with Crippen LogP contribution in [-0.4, -0.2) is 22.5 Å². The molecule has 100 valence electrons. The number of ether oxygens (including phenoxy) is 1. The van der Waals surface area contributed by atoms with E-state index in [0.29, 0.717) is 11.2 Å². The third kappa shape index (κ3) is 2.05. The van der Waals surface area contributed by atoms with E-state index in [-0.39, 0.29) is 5.97 Å². The Bertz CT molecular complexity index is 790. The summed E-state index contributed by atoms with van der Waals surface area (Å²) in [6.07, 6.45) is 3.78. The van der Waals surface area contributed by atoms with E-state index in [0.717, 1.165) is 11.3 Å². The molecule has 0 amide bonds. The maximum absolute atomic E-state index is 11.8. The van der Waals surface area contributed by atoms with Crippen LogP contribution in [0.4, 0.5) is 0 Å². The Labute approximate surface area is 116 Å². The number of nitrogens with zero attached hydrogens (tertiary/aromatic N) is 2. The molecule has 0 saturated heterocycles. The van der Waals surface area contributed by atoms with Gasteiger partial charge in [0, 0.05) is 18.0 Å². The van der Waals surface area contributed by atoms with Crippen LogP contribution in [0, 0.1) is 6.92 Å². The van der Waals surface area contributed by atoms with Crippen LogP contribution in [0.15, 0.2) is 48.8 Å². The first-order chi connectivity index (χ1) is 9.69. The number of hydrogen-bond acceptors (Lipinski definition) is 3. The van der Waals surface area contributed by atoms with Crippen molar-refractivity contribution in [1.29, 1.82) is 0 Å². The third-order valence-electron chi connectivity index (χ3n) is 3.20. The zero-order valence-corrected chi connectivity index (χ0v) is 11.3. The molecule has 3 rings (SSSR count). The highest BCUT2D eigenvalue weighted by Crippen LogP contribution is 2.21. The molecule has 2 aromatic heterocycles. The standard InChI is InChI=1S/C16H14N2O2/c1-11-5-3-6-12(9-11)14-10-18-8-4-7-13(15(18)17-14)16(19)20-2/h3-10H,1-2H3. The van der Waals surface area contributed by atoms with Gasteiger partial charge in [0.05, 0.1) is 12.8 Å². The predicted molar refractivity (Wildman–Crippen MR) is 76.7 cm³/mol. The van der Waals surface area contributed by atoms with Crippen LogP contribution in [0.1, 0.15) is 15.9 Å². The molecule has 2 heterocycles. The second kappa shape index (κ2) is 4.81. The normalized spacial score (nSPS) is 10.7. The van der Waals surface area contributed by atoms with E-state index >= 15 is 0 Å². The number of carbonyl (C=O) groups is 1. The van der Waals surface area contributed by atoms with Gasteiger partial charge in [-0.25, -0.2) is 9.78 Å². The number of aromatic nitrogens is 2. The van der Waals surface area contributed by atoms with Crippen molar-refractivity contribution in [3.05, 3.63) is 59.9 Å². The Kier molecular flexibility index (Phi) is 2.99. The smallest absolute Gasteiger partial charge is 0.341 e. The fourth-order valence-corrected chi connectivity index (χ4v) is 2.23. The van der Waals surface area contributed by atoms with Crippen LogP contribution in [0.25, 0.3) is 16.9 Å². The molecular formula is C16H14N2O2. The highest BCUT2D eigenvalue weighted by Gasteiger charge is 2.13. The summed E-state index contributed by atoms with van der Waals surface area (Å²) in [5.74, 6) is -0.378. The van der Waals surface area contributed by atoms with Gasteiger partial charge in [-0.15, -0.1) is 0 Å². The van der Waals surface area contributed by atoms with Gasteiger partial charge in [-0.05, 0) is 25.1 Å². The lowest BCUT2D eigenvalue weighted by atomic mass is 10.1. The number of fused-ring (bicyclic) bond motifs is 1. The summed E-state index contributed by atoms with van der Waals surface area (Å²) in [5, 5.41) is 0. The molecule has 3 aromatic rings. The van der Waals surface area contributed by atoms with Crippen molar-refractivity contribution < 1.29 is 9.53 Å². The Hall–Kier alpha value is -2.62. The number of imidazole rings is 1. The molecule has 0 aliphatic heterocycles. The summed E-state index contributed by atoms with van der Waals surface area (Å²) >= 11 is 0. The number of hydrogen-bond donors (Lipinski definition) is 0. The Balaban J connectivity index is 2.18. The Morgan fingerprint density at radius 3 is 2.85 bits per heavy atom. The van der Waals surface area contributed by atoms with Gasteiger partial charge in [0.15, 0.2) is 5.65 Å². The molecule has 0 saturated carbocycles. The molecule has 0 radical (unpaired) electrons. The third-order valence-corrected chi connectivity index (χ3v) is 3.20. The van der Waals surface area contributed by atoms with Gasteiger partial charge in [0.2, 0.25) is 0 Å². The van der Waals surface area contributed by atoms with Gasteiger partial charge >= 0.3 is 5.97 Å². The fraction of sp³-hybridized carbons (Fsp3) is 0.125. The van der Waals surface area contributed by atoms with Crippen LogP contribution < -0.4 is 0 Å². The van der Waals surface area contributed by atoms with E-state index in [9.17, 15) is 4.79 Å². The van der Waals surface area contributed by atoms with E-state index in [1.807, 2.05) is 41.9 Å². The topological polar surface area (TPSA) is 43.6 Å². The van der Waals surface area contributed by atoms with Crippen molar-refractivity contribution in [2.45, 2.75) is 6.92 Å². The van der Waals surface area contributed by atoms with E-state index < -0.39 is 0 Å². The number of aryl methyl sites for hydroxylation is 1. The monoisotopic (exact) mass is 266 g/mol. The first-order valence-corrected chi connectivity index (χ1v) is 6.32. The number of rotatable bonds is 2. The molecule has 4 heteroatoms. The van der Waals surface area contributed by atoms with Gasteiger partial charge in [-0.3, -0.25) is 0 Å². The number of methoxy groups -OCH3 is 1. The van der Waals surface area contributed by atoms with E-state index in [4.69, 9.17) is 4.74 Å². The fourth-order valence-electron chi connectivity index (χ4n) is 2.23. The molecule has 0 N–H and O–H groups in total. The molecule has 1 aromatic carbocycles. The Morgan fingerprint density at radius 2 is 2.10 bits per heavy atom. The van der Waals surface area contributed by atoms with E-state index in [1.165, 1.54) is 12.7 Å². The van der Waals surface area contributed by atoms with Gasteiger partial charge in [0.1, 0.15) is 5.56 Å². The molecule has 0 bridgehead atoms. The van der Waals surface area contributed by atoms with Crippen LogP contribution in [0.2, 0.25) is 0 Å². The molecule has 0 unspecified atom stereocenters. The molecular weight excluding hydrogens is 252 g/mol. The maximum Gasteiger partial charge on any atom is 0.341 e. The van der Waals surface area contributed by atoms with Crippen LogP contribution in [-0.2, 0) is 4.74 Å². The molecule has 0 atom stereocenters. The highest BCUT2D eigenvalue weighted by molar-refractivity contribution is 5.96. The first kappa shape index (κ1) is 12.4. The molecule has 0 fully saturated rings. The summed E-state index contributed by atoms with van der Waals surface area (Å²) in [6, 6.07) is 11.6. The number of carbonyl (C=O) groups excluding carboxylic acids is 1. The van der Waals surface area contributed by atoms with Crippen molar-refractivity contribution in [1.82, 2.24) is 9.38 Å². The molecule has 0 spiro atoms. The minimum Gasteiger partial charge on any atom is -0.465 e. The summed E-state index contributed by atoms with van der Waals surface area (Å²) in [5.41, 5.74) is 4.12. The quantitative estimate of drug-likeness (QED) is 0.669. The van der Waals surface area contributed by atoms with Crippen LogP contribution >= 0.6 is 0 Å². The summed E-state index contributed by atoms with van der Waals surface area (Å²) in [4.78, 5) is 16.3. The lowest BCUT2D eigenvalue weighted by Crippen LogP contribution is -2.03. The highest BCUT2D eigenvalue weighted by atomic mass is 16.5. The van der Waals surface area contributed by atoms with Crippen molar-refractivity contribution in [3.63, 3.8) is 0 Å². The average molecular weight is 266 g/mol. The zero-order chi connectivity index (χ0) is 14.1. The molecule has 4 nitrogen and oxygen atoms in total. The van der Waals surface area contributed by atoms with Gasteiger partial charge in [-0.1, -0.05) is 23.8 Å². The molecule has 0 aliphatic carbocycles. The van der Waals surface area contributed by atoms with Gasteiger partial charge < -0.3 is 9.14 Å². The average Bonchev–Trinajstić information content (AvgIpc) is 2.90. The van der Waals surface area contributed by atoms with Gasteiger partial charge in [0.25, 0.3) is 0 Å². The van der Waals surface area contributed by atoms with Crippen LogP contribution in [0.3, 0.4) is 0 Å². The van der Waals surface area contributed by atoms with E-state index in [2.05, 4.69) is 11.1 Å². The first-order valence-electron chi connectivity index (χ1n) is 6.32. The largest absolute Gasteiger partial charge is 0.465 e. The lowest BCUT2D eigenvalue weighted by Gasteiger charge is -2.00. The lowest BCUT2D eigenvalue weighted by molar-refractivity contribution is 0.0602. The van der Waals surface area contributed by atoms with E-state index in [1.54, 1.807) is 12.1 Å². The maximum atomic E-state index is 11.8. The number of pyridine rings is 1. The number of benzene rings is 1. The van der Waals surface area contributed by atoms with Crippen molar-refractivity contribution in [3.8, 4) is 11.3 Å². The molecule has 0 aliphatic rings. The summed E-state index contributed by atoms with van der Waals surface area (Å²) in [6.45, 7) is 2.04. The predicted octanol–water partition coefficient (Wildman–Crippen LogP) is 3.10. The molecule has 20 heavy (non-hydrogen) atoms. The minimum absolute atomic E-state index is 0.378. The second-order valence-corrected chi connectivity index (χ2v) is 4.64. The minimum atomic E-state index is -0.378. The summed E-state index contributed by atoms with van der Waals surface area (Å²) < 4.78 is 6.62. The van der Waals surface area contributed by atoms with Crippen molar-refractivity contribution in [2.24, 2.45) is 0 Å². The summed E-state index contributed by atoms with van der Waals surface area (Å²) in [7, 11) is 1.37. The second-order valence-electron chi connectivity index (χ2n) is 4.64. The number of esters is 1. The van der Waals surface area contributed by atoms with Crippen molar-refractivity contribution in [2.75, 3.05) is 7.11 Å². The Morgan fingerprint density at radius 1 is 1.25 bits per heavy atom. The zero-order valence-electron chi connectivity index (χ0n) is 11.3. The van der Waals surface area contributed by atoms with Crippen molar-refractivity contribution >= 4 is 11.6 Å². The van der Waals surface area contributed by atoms with Crippen LogP contribution in [0.5, 0.6) is 0 Å².